The Morgan fingerprint density at radius 1 is 1.53 bits per heavy atom. The molecule has 96 valence electrons. The molecule has 0 aliphatic carbocycles. The molecule has 7 heteroatoms. The zero-order chi connectivity index (χ0) is 12.1. The van der Waals surface area contributed by atoms with Crippen LogP contribution in [0.15, 0.2) is 4.52 Å². The van der Waals surface area contributed by atoms with Crippen molar-refractivity contribution in [3.05, 3.63) is 11.7 Å². The van der Waals surface area contributed by atoms with E-state index in [4.69, 9.17) is 9.26 Å². The summed E-state index contributed by atoms with van der Waals surface area (Å²) in [5, 5.41) is 7.03. The lowest BCUT2D eigenvalue weighted by molar-refractivity contribution is 0.0182. The Hall–Kier alpha value is -1.08. The van der Waals surface area contributed by atoms with Gasteiger partial charge in [0.1, 0.15) is 6.61 Å². The highest BCUT2D eigenvalue weighted by Gasteiger charge is 2.22. The summed E-state index contributed by atoms with van der Waals surface area (Å²) in [6, 6.07) is 0.137. The van der Waals surface area contributed by atoms with Gasteiger partial charge in [-0.3, -0.25) is 0 Å². The van der Waals surface area contributed by atoms with E-state index >= 15 is 0 Å². The maximum absolute atomic E-state index is 11.8. The van der Waals surface area contributed by atoms with Gasteiger partial charge in [0.05, 0.1) is 12.6 Å². The molecule has 1 atom stereocenters. The molecule has 1 aliphatic rings. The van der Waals surface area contributed by atoms with Gasteiger partial charge in [0, 0.05) is 6.42 Å². The normalized spacial score (nSPS) is 20.3. The lowest BCUT2D eigenvalue weighted by atomic mass is 10.2. The third kappa shape index (κ3) is 3.71. The summed E-state index contributed by atoms with van der Waals surface area (Å²) >= 11 is 0. The highest BCUT2D eigenvalue weighted by Crippen LogP contribution is 2.20. The summed E-state index contributed by atoms with van der Waals surface area (Å²) < 4.78 is 33.4. The van der Waals surface area contributed by atoms with Crippen LogP contribution in [0.4, 0.5) is 8.78 Å². The number of rotatable bonds is 6. The van der Waals surface area contributed by atoms with Crippen LogP contribution in [-0.2, 0) is 11.2 Å². The molecule has 0 unspecified atom stereocenters. The Morgan fingerprint density at radius 3 is 3.12 bits per heavy atom. The van der Waals surface area contributed by atoms with Crippen molar-refractivity contribution in [2.24, 2.45) is 0 Å². The number of alkyl halides is 2. The van der Waals surface area contributed by atoms with Gasteiger partial charge in [0.25, 0.3) is 6.43 Å². The van der Waals surface area contributed by atoms with Crippen molar-refractivity contribution in [2.45, 2.75) is 31.7 Å². The molecule has 1 N–H and O–H groups in total. The molecule has 2 rings (SSSR count). The van der Waals surface area contributed by atoms with Gasteiger partial charge in [0.2, 0.25) is 5.89 Å². The zero-order valence-electron chi connectivity index (χ0n) is 9.36. The van der Waals surface area contributed by atoms with Crippen LogP contribution in [0.3, 0.4) is 0 Å². The zero-order valence-corrected chi connectivity index (χ0v) is 9.36. The maximum atomic E-state index is 11.8. The molecule has 0 aromatic carbocycles. The second kappa shape index (κ2) is 6.02. The van der Waals surface area contributed by atoms with Gasteiger partial charge in [-0.2, -0.15) is 4.98 Å². The van der Waals surface area contributed by atoms with Gasteiger partial charge >= 0.3 is 0 Å². The fourth-order valence-corrected chi connectivity index (χ4v) is 1.74. The molecular formula is C10H15F2N3O2. The molecule has 0 saturated carbocycles. The van der Waals surface area contributed by atoms with Crippen molar-refractivity contribution in [3.63, 3.8) is 0 Å². The third-order valence-corrected chi connectivity index (χ3v) is 2.56. The van der Waals surface area contributed by atoms with E-state index < -0.39 is 13.0 Å². The summed E-state index contributed by atoms with van der Waals surface area (Å²) in [5.74, 6) is 1.08. The number of halogens is 2. The van der Waals surface area contributed by atoms with Crippen molar-refractivity contribution in [3.8, 4) is 0 Å². The van der Waals surface area contributed by atoms with Gasteiger partial charge in [-0.25, -0.2) is 8.78 Å². The van der Waals surface area contributed by atoms with E-state index in [0.717, 1.165) is 19.4 Å². The first-order valence-corrected chi connectivity index (χ1v) is 5.67. The molecule has 2 heterocycles. The summed E-state index contributed by atoms with van der Waals surface area (Å²) in [6.45, 7) is 0.593. The molecular weight excluding hydrogens is 232 g/mol. The number of ether oxygens (including phenoxy) is 1. The molecule has 0 spiro atoms. The van der Waals surface area contributed by atoms with Crippen molar-refractivity contribution >= 4 is 0 Å². The van der Waals surface area contributed by atoms with Crippen molar-refractivity contribution < 1.29 is 18.0 Å². The largest absolute Gasteiger partial charge is 0.375 e. The molecule has 1 aromatic heterocycles. The van der Waals surface area contributed by atoms with Gasteiger partial charge in [-0.05, 0) is 19.4 Å². The van der Waals surface area contributed by atoms with Crippen LogP contribution in [0.2, 0.25) is 0 Å². The van der Waals surface area contributed by atoms with E-state index in [1.807, 2.05) is 0 Å². The van der Waals surface area contributed by atoms with E-state index in [-0.39, 0.29) is 12.6 Å². The molecule has 1 fully saturated rings. The quantitative estimate of drug-likeness (QED) is 0.768. The molecule has 0 radical (unpaired) electrons. The van der Waals surface area contributed by atoms with Crippen LogP contribution in [-0.4, -0.2) is 36.3 Å². The number of nitrogens with zero attached hydrogens (tertiary/aromatic N) is 2. The predicted molar refractivity (Wildman–Crippen MR) is 54.8 cm³/mol. The molecule has 1 aliphatic heterocycles. The molecule has 17 heavy (non-hydrogen) atoms. The number of hydrogen-bond donors (Lipinski definition) is 1. The monoisotopic (exact) mass is 247 g/mol. The molecule has 1 saturated heterocycles. The predicted octanol–water partition coefficient (Wildman–Crippen LogP) is 1.32. The first kappa shape index (κ1) is 12.4. The highest BCUT2D eigenvalue weighted by atomic mass is 19.3. The van der Waals surface area contributed by atoms with Gasteiger partial charge in [0.15, 0.2) is 5.82 Å². The van der Waals surface area contributed by atoms with Crippen LogP contribution in [0.1, 0.15) is 30.6 Å². The summed E-state index contributed by atoms with van der Waals surface area (Å²) in [4.78, 5) is 4.20. The highest BCUT2D eigenvalue weighted by molar-refractivity contribution is 4.95. The van der Waals surface area contributed by atoms with E-state index in [9.17, 15) is 8.78 Å². The second-order valence-corrected chi connectivity index (χ2v) is 3.91. The second-order valence-electron chi connectivity index (χ2n) is 3.91. The first-order chi connectivity index (χ1) is 8.25. The topological polar surface area (TPSA) is 60.2 Å². The average molecular weight is 247 g/mol. The molecule has 5 nitrogen and oxygen atoms in total. The smallest absolute Gasteiger partial charge is 0.261 e. The van der Waals surface area contributed by atoms with Crippen molar-refractivity contribution in [1.82, 2.24) is 15.5 Å². The molecule has 1 aromatic rings. The van der Waals surface area contributed by atoms with Crippen molar-refractivity contribution in [1.29, 1.82) is 0 Å². The SMILES string of the molecule is FC(F)COCCc1noc([C@@H]2CCCN2)n1. The van der Waals surface area contributed by atoms with Crippen LogP contribution in [0.25, 0.3) is 0 Å². The minimum Gasteiger partial charge on any atom is -0.375 e. The number of hydrogen-bond acceptors (Lipinski definition) is 5. The lowest BCUT2D eigenvalue weighted by Gasteiger charge is -2.01. The fraction of sp³-hybridized carbons (Fsp3) is 0.800. The lowest BCUT2D eigenvalue weighted by Crippen LogP contribution is -2.13. The Balaban J connectivity index is 1.74. The summed E-state index contributed by atoms with van der Waals surface area (Å²) in [6.07, 6.45) is 0.0466. The van der Waals surface area contributed by atoms with E-state index in [2.05, 4.69) is 15.5 Å². The van der Waals surface area contributed by atoms with Crippen LogP contribution < -0.4 is 5.32 Å². The Morgan fingerprint density at radius 2 is 2.41 bits per heavy atom. The number of nitrogens with one attached hydrogen (secondary N) is 1. The van der Waals surface area contributed by atoms with Crippen LogP contribution in [0.5, 0.6) is 0 Å². The molecule has 0 bridgehead atoms. The van der Waals surface area contributed by atoms with Crippen LogP contribution in [0, 0.1) is 0 Å². The van der Waals surface area contributed by atoms with Crippen LogP contribution >= 0.6 is 0 Å². The summed E-state index contributed by atoms with van der Waals surface area (Å²) in [5.41, 5.74) is 0. The van der Waals surface area contributed by atoms with Crippen molar-refractivity contribution in [2.75, 3.05) is 19.8 Å². The fourth-order valence-electron chi connectivity index (χ4n) is 1.74. The number of aromatic nitrogens is 2. The Bertz CT molecular complexity index is 340. The van der Waals surface area contributed by atoms with E-state index in [0.29, 0.717) is 18.1 Å². The Labute approximate surface area is 97.5 Å². The standard InChI is InChI=1S/C10H15F2N3O2/c11-8(12)6-16-5-3-9-14-10(17-15-9)7-2-1-4-13-7/h7-8,13H,1-6H2/t7-/m0/s1. The van der Waals surface area contributed by atoms with Gasteiger partial charge in [-0.1, -0.05) is 5.16 Å². The third-order valence-electron chi connectivity index (χ3n) is 2.56. The first-order valence-electron chi connectivity index (χ1n) is 5.67. The average Bonchev–Trinajstić information content (AvgIpc) is 2.94. The van der Waals surface area contributed by atoms with Gasteiger partial charge < -0.3 is 14.6 Å². The van der Waals surface area contributed by atoms with E-state index in [1.165, 1.54) is 0 Å². The minimum absolute atomic E-state index is 0.137. The summed E-state index contributed by atoms with van der Waals surface area (Å²) in [7, 11) is 0. The maximum Gasteiger partial charge on any atom is 0.261 e. The minimum atomic E-state index is -2.43. The molecule has 0 amide bonds. The Kier molecular flexibility index (Phi) is 4.38. The van der Waals surface area contributed by atoms with E-state index in [1.54, 1.807) is 0 Å². The van der Waals surface area contributed by atoms with Gasteiger partial charge in [-0.15, -0.1) is 0 Å².